The van der Waals surface area contributed by atoms with Crippen molar-refractivity contribution < 1.29 is 9.84 Å². The first-order chi connectivity index (χ1) is 13.7. The highest BCUT2D eigenvalue weighted by atomic mass is 16.5. The van der Waals surface area contributed by atoms with Gasteiger partial charge in [0, 0.05) is 32.8 Å². The molecule has 0 bridgehead atoms. The lowest BCUT2D eigenvalue weighted by Crippen LogP contribution is -2.38. The summed E-state index contributed by atoms with van der Waals surface area (Å²) in [5.74, 6) is 1.95. The SMILES string of the molecule is CCNC(=NCC(CCO)CC(C)C)NCCCCOCCc1ccccc1. The first-order valence-corrected chi connectivity index (χ1v) is 10.9. The normalized spacial score (nSPS) is 13.0. The highest BCUT2D eigenvalue weighted by Gasteiger charge is 2.10. The molecule has 0 amide bonds. The zero-order chi connectivity index (χ0) is 20.5. The fraction of sp³-hybridized carbons (Fsp3) is 0.696. The Morgan fingerprint density at radius 2 is 1.89 bits per heavy atom. The van der Waals surface area contributed by atoms with E-state index >= 15 is 0 Å². The number of guanidine groups is 1. The molecule has 1 atom stereocenters. The number of unbranched alkanes of at least 4 members (excludes halogenated alkanes) is 1. The van der Waals surface area contributed by atoms with Crippen molar-refractivity contribution in [2.24, 2.45) is 16.8 Å². The van der Waals surface area contributed by atoms with Gasteiger partial charge in [-0.25, -0.2) is 0 Å². The molecule has 160 valence electrons. The highest BCUT2D eigenvalue weighted by Crippen LogP contribution is 2.15. The molecule has 0 heterocycles. The van der Waals surface area contributed by atoms with Gasteiger partial charge in [-0.05, 0) is 56.4 Å². The van der Waals surface area contributed by atoms with Gasteiger partial charge in [0.1, 0.15) is 0 Å². The fourth-order valence-electron chi connectivity index (χ4n) is 3.17. The molecule has 0 fully saturated rings. The van der Waals surface area contributed by atoms with Crippen LogP contribution in [0.25, 0.3) is 0 Å². The highest BCUT2D eigenvalue weighted by molar-refractivity contribution is 5.79. The van der Waals surface area contributed by atoms with E-state index in [1.54, 1.807) is 0 Å². The van der Waals surface area contributed by atoms with Crippen LogP contribution >= 0.6 is 0 Å². The molecule has 5 heteroatoms. The number of rotatable bonds is 15. The smallest absolute Gasteiger partial charge is 0.191 e. The summed E-state index contributed by atoms with van der Waals surface area (Å²) >= 11 is 0. The summed E-state index contributed by atoms with van der Waals surface area (Å²) in [5.41, 5.74) is 1.33. The second-order valence-corrected chi connectivity index (χ2v) is 7.71. The number of hydrogen-bond donors (Lipinski definition) is 3. The van der Waals surface area contributed by atoms with Crippen molar-refractivity contribution in [2.75, 3.05) is 39.5 Å². The lowest BCUT2D eigenvalue weighted by Gasteiger charge is -2.17. The number of ether oxygens (including phenoxy) is 1. The summed E-state index contributed by atoms with van der Waals surface area (Å²) in [5, 5.41) is 16.0. The average Bonchev–Trinajstić information content (AvgIpc) is 2.68. The third kappa shape index (κ3) is 12.7. The van der Waals surface area contributed by atoms with E-state index in [0.29, 0.717) is 11.8 Å². The van der Waals surface area contributed by atoms with Crippen LogP contribution in [0.4, 0.5) is 0 Å². The molecule has 0 radical (unpaired) electrons. The van der Waals surface area contributed by atoms with Gasteiger partial charge in [0.2, 0.25) is 0 Å². The number of nitrogens with one attached hydrogen (secondary N) is 2. The minimum Gasteiger partial charge on any atom is -0.396 e. The van der Waals surface area contributed by atoms with Gasteiger partial charge in [-0.1, -0.05) is 44.2 Å². The Morgan fingerprint density at radius 1 is 1.11 bits per heavy atom. The van der Waals surface area contributed by atoms with E-state index in [1.807, 2.05) is 6.07 Å². The van der Waals surface area contributed by atoms with E-state index in [1.165, 1.54) is 5.56 Å². The molecule has 28 heavy (non-hydrogen) atoms. The van der Waals surface area contributed by atoms with E-state index in [-0.39, 0.29) is 6.61 Å². The summed E-state index contributed by atoms with van der Waals surface area (Å²) in [4.78, 5) is 4.72. The molecule has 0 aliphatic heterocycles. The van der Waals surface area contributed by atoms with Gasteiger partial charge in [-0.2, -0.15) is 0 Å². The van der Waals surface area contributed by atoms with Crippen molar-refractivity contribution >= 4 is 5.96 Å². The van der Waals surface area contributed by atoms with Gasteiger partial charge in [0.25, 0.3) is 0 Å². The summed E-state index contributed by atoms with van der Waals surface area (Å²) in [7, 11) is 0. The average molecular weight is 392 g/mol. The predicted molar refractivity (Wildman–Crippen MR) is 119 cm³/mol. The largest absolute Gasteiger partial charge is 0.396 e. The molecule has 0 aliphatic carbocycles. The minimum atomic E-state index is 0.237. The number of aliphatic hydroxyl groups is 1. The van der Waals surface area contributed by atoms with Gasteiger partial charge in [0.05, 0.1) is 6.61 Å². The number of aliphatic hydroxyl groups excluding tert-OH is 1. The molecule has 0 saturated heterocycles. The molecule has 1 aromatic carbocycles. The molecule has 5 nitrogen and oxygen atoms in total. The van der Waals surface area contributed by atoms with E-state index in [2.05, 4.69) is 55.7 Å². The minimum absolute atomic E-state index is 0.237. The Bertz CT molecular complexity index is 506. The van der Waals surface area contributed by atoms with Gasteiger partial charge in [0.15, 0.2) is 5.96 Å². The third-order valence-electron chi connectivity index (χ3n) is 4.58. The maximum Gasteiger partial charge on any atom is 0.191 e. The molecule has 1 unspecified atom stereocenters. The molecule has 0 spiro atoms. The molecule has 1 aromatic rings. The number of nitrogens with zero attached hydrogens (tertiary/aromatic N) is 1. The zero-order valence-electron chi connectivity index (χ0n) is 18.1. The number of benzene rings is 1. The molecule has 1 rings (SSSR count). The Kier molecular flexibility index (Phi) is 14.3. The predicted octanol–water partition coefficient (Wildman–Crippen LogP) is 3.63. The summed E-state index contributed by atoms with van der Waals surface area (Å²) in [6, 6.07) is 10.5. The van der Waals surface area contributed by atoms with Crippen LogP contribution in [0.1, 0.15) is 52.0 Å². The Morgan fingerprint density at radius 3 is 2.57 bits per heavy atom. The van der Waals surface area contributed by atoms with Crippen molar-refractivity contribution in [2.45, 2.75) is 52.9 Å². The van der Waals surface area contributed by atoms with E-state index < -0.39 is 0 Å². The topological polar surface area (TPSA) is 65.9 Å². The molecule has 0 saturated carbocycles. The fourth-order valence-corrected chi connectivity index (χ4v) is 3.17. The molecular weight excluding hydrogens is 350 g/mol. The Hall–Kier alpha value is -1.59. The van der Waals surface area contributed by atoms with Crippen molar-refractivity contribution in [1.29, 1.82) is 0 Å². The van der Waals surface area contributed by atoms with Crippen molar-refractivity contribution in [3.63, 3.8) is 0 Å². The van der Waals surface area contributed by atoms with E-state index in [0.717, 1.165) is 70.9 Å². The first kappa shape index (κ1) is 24.4. The van der Waals surface area contributed by atoms with Crippen LogP contribution < -0.4 is 10.6 Å². The zero-order valence-corrected chi connectivity index (χ0v) is 18.1. The van der Waals surface area contributed by atoms with Crippen molar-refractivity contribution in [3.05, 3.63) is 35.9 Å². The van der Waals surface area contributed by atoms with E-state index in [4.69, 9.17) is 9.73 Å². The number of hydrogen-bond acceptors (Lipinski definition) is 3. The summed E-state index contributed by atoms with van der Waals surface area (Å²) in [6.07, 6.45) is 5.00. The van der Waals surface area contributed by atoms with Gasteiger partial charge >= 0.3 is 0 Å². The standard InChI is InChI=1S/C23H41N3O2/c1-4-24-23(26-19-22(12-15-27)18-20(2)3)25-14-8-9-16-28-17-13-21-10-6-5-7-11-21/h5-7,10-11,20,22,27H,4,8-9,12-19H2,1-3H3,(H2,24,25,26). The van der Waals surface area contributed by atoms with Crippen LogP contribution in [0.15, 0.2) is 35.3 Å². The summed E-state index contributed by atoms with van der Waals surface area (Å²) < 4.78 is 5.74. The quantitative estimate of drug-likeness (QED) is 0.243. The van der Waals surface area contributed by atoms with Crippen molar-refractivity contribution in [1.82, 2.24) is 10.6 Å². The van der Waals surface area contributed by atoms with Gasteiger partial charge < -0.3 is 20.5 Å². The van der Waals surface area contributed by atoms with Crippen LogP contribution in [0.5, 0.6) is 0 Å². The molecule has 3 N–H and O–H groups in total. The first-order valence-electron chi connectivity index (χ1n) is 10.9. The van der Waals surface area contributed by atoms with Crippen molar-refractivity contribution in [3.8, 4) is 0 Å². The second kappa shape index (κ2) is 16.4. The molecule has 0 aliphatic rings. The monoisotopic (exact) mass is 391 g/mol. The lowest BCUT2D eigenvalue weighted by molar-refractivity contribution is 0.133. The second-order valence-electron chi connectivity index (χ2n) is 7.71. The van der Waals surface area contributed by atoms with Crippen LogP contribution in [-0.2, 0) is 11.2 Å². The molecule has 0 aromatic heterocycles. The van der Waals surface area contributed by atoms with Crippen LogP contribution in [0.3, 0.4) is 0 Å². The van der Waals surface area contributed by atoms with Crippen LogP contribution in [-0.4, -0.2) is 50.5 Å². The maximum atomic E-state index is 9.25. The molecular formula is C23H41N3O2. The number of aliphatic imine (C=N–C) groups is 1. The lowest BCUT2D eigenvalue weighted by atomic mass is 9.94. The Labute approximate surface area is 172 Å². The maximum absolute atomic E-state index is 9.25. The summed E-state index contributed by atoms with van der Waals surface area (Å²) in [6.45, 7) is 10.8. The van der Waals surface area contributed by atoms with Crippen LogP contribution in [0, 0.1) is 11.8 Å². The van der Waals surface area contributed by atoms with Gasteiger partial charge in [-0.15, -0.1) is 0 Å². The van der Waals surface area contributed by atoms with Crippen LogP contribution in [0.2, 0.25) is 0 Å². The Balaban J connectivity index is 2.17. The third-order valence-corrected chi connectivity index (χ3v) is 4.58. The van der Waals surface area contributed by atoms with E-state index in [9.17, 15) is 5.11 Å². The van der Waals surface area contributed by atoms with Gasteiger partial charge in [-0.3, -0.25) is 4.99 Å².